The lowest BCUT2D eigenvalue weighted by Gasteiger charge is -2.06. The van der Waals surface area contributed by atoms with Gasteiger partial charge in [-0.05, 0) is 48.5 Å². The molecule has 2 aromatic carbocycles. The highest BCUT2D eigenvalue weighted by Gasteiger charge is 2.11. The Bertz CT molecular complexity index is 1040. The lowest BCUT2D eigenvalue weighted by Crippen LogP contribution is -2.11. The number of anilines is 1. The van der Waals surface area contributed by atoms with E-state index in [4.69, 9.17) is 4.42 Å². The molecule has 122 valence electrons. The first-order chi connectivity index (χ1) is 12.2. The first-order valence-corrected chi connectivity index (χ1v) is 8.37. The van der Waals surface area contributed by atoms with Gasteiger partial charge in [0.15, 0.2) is 11.2 Å². The van der Waals surface area contributed by atoms with E-state index in [1.54, 1.807) is 24.4 Å². The molecule has 25 heavy (non-hydrogen) atoms. The van der Waals surface area contributed by atoms with Gasteiger partial charge in [0.25, 0.3) is 5.91 Å². The van der Waals surface area contributed by atoms with E-state index in [1.807, 2.05) is 42.5 Å². The maximum absolute atomic E-state index is 12.4. The molecule has 1 N–H and O–H groups in total. The van der Waals surface area contributed by atoms with Crippen molar-refractivity contribution in [1.29, 1.82) is 0 Å². The van der Waals surface area contributed by atoms with Crippen LogP contribution in [0.3, 0.4) is 0 Å². The summed E-state index contributed by atoms with van der Waals surface area (Å²) in [7, 11) is 0. The van der Waals surface area contributed by atoms with Gasteiger partial charge in [0.05, 0.1) is 0 Å². The highest BCUT2D eigenvalue weighted by molar-refractivity contribution is 9.10. The summed E-state index contributed by atoms with van der Waals surface area (Å²) in [4.78, 5) is 20.9. The molecule has 4 aromatic rings. The number of nitrogens with zero attached hydrogens (tertiary/aromatic N) is 2. The maximum Gasteiger partial charge on any atom is 0.255 e. The number of carbonyl (C=O) groups excluding carboxylic acids is 1. The van der Waals surface area contributed by atoms with Crippen LogP contribution >= 0.6 is 15.9 Å². The Morgan fingerprint density at radius 3 is 2.76 bits per heavy atom. The number of halogens is 1. The minimum atomic E-state index is -0.183. The van der Waals surface area contributed by atoms with Gasteiger partial charge in [0, 0.05) is 27.5 Å². The zero-order valence-corrected chi connectivity index (χ0v) is 14.5. The zero-order valence-electron chi connectivity index (χ0n) is 12.9. The summed E-state index contributed by atoms with van der Waals surface area (Å²) in [6, 6.07) is 18.2. The molecule has 2 aromatic heterocycles. The molecule has 1 amide bonds. The number of benzene rings is 2. The van der Waals surface area contributed by atoms with Crippen molar-refractivity contribution in [3.63, 3.8) is 0 Å². The summed E-state index contributed by atoms with van der Waals surface area (Å²) in [6.07, 6.45) is 1.67. The van der Waals surface area contributed by atoms with E-state index in [1.165, 1.54) is 0 Å². The van der Waals surface area contributed by atoms with Gasteiger partial charge in [-0.1, -0.05) is 28.1 Å². The summed E-state index contributed by atoms with van der Waals surface area (Å²) in [5.41, 5.74) is 3.19. The molecule has 6 heteroatoms. The summed E-state index contributed by atoms with van der Waals surface area (Å²) >= 11 is 3.37. The second-order valence-corrected chi connectivity index (χ2v) is 6.31. The number of amides is 1. The highest BCUT2D eigenvalue weighted by atomic mass is 79.9. The second-order valence-electron chi connectivity index (χ2n) is 5.39. The van der Waals surface area contributed by atoms with Crippen LogP contribution in [0.25, 0.3) is 22.7 Å². The fraction of sp³-hybridized carbons (Fsp3) is 0. The van der Waals surface area contributed by atoms with Gasteiger partial charge < -0.3 is 9.73 Å². The van der Waals surface area contributed by atoms with Crippen molar-refractivity contribution in [1.82, 2.24) is 9.97 Å². The van der Waals surface area contributed by atoms with Crippen molar-refractivity contribution >= 4 is 38.8 Å². The number of rotatable bonds is 3. The smallest absolute Gasteiger partial charge is 0.255 e. The zero-order chi connectivity index (χ0) is 17.2. The van der Waals surface area contributed by atoms with E-state index < -0.39 is 0 Å². The van der Waals surface area contributed by atoms with Crippen LogP contribution in [0.1, 0.15) is 10.4 Å². The Morgan fingerprint density at radius 1 is 1.04 bits per heavy atom. The second kappa shape index (κ2) is 6.49. The molecule has 4 rings (SSSR count). The Balaban J connectivity index is 1.62. The van der Waals surface area contributed by atoms with E-state index in [-0.39, 0.29) is 5.91 Å². The fourth-order valence-corrected chi connectivity index (χ4v) is 2.85. The molecule has 0 aliphatic rings. The lowest BCUT2D eigenvalue weighted by atomic mass is 10.1. The average molecular weight is 394 g/mol. The van der Waals surface area contributed by atoms with Crippen LogP contribution in [0.15, 0.2) is 75.8 Å². The third-order valence-corrected chi connectivity index (χ3v) is 4.11. The fourth-order valence-electron chi connectivity index (χ4n) is 2.46. The van der Waals surface area contributed by atoms with E-state index in [0.717, 1.165) is 10.0 Å². The first kappa shape index (κ1) is 15.5. The van der Waals surface area contributed by atoms with Crippen molar-refractivity contribution in [3.05, 3.63) is 76.9 Å². The van der Waals surface area contributed by atoms with Gasteiger partial charge in [-0.3, -0.25) is 4.79 Å². The summed E-state index contributed by atoms with van der Waals surface area (Å²) in [6.45, 7) is 0. The number of nitrogens with one attached hydrogen (secondary N) is 1. The van der Waals surface area contributed by atoms with Crippen molar-refractivity contribution in [3.8, 4) is 11.5 Å². The van der Waals surface area contributed by atoms with Crippen LogP contribution in [0, 0.1) is 0 Å². The summed E-state index contributed by atoms with van der Waals surface area (Å²) in [5.74, 6) is 0.282. The van der Waals surface area contributed by atoms with Crippen molar-refractivity contribution in [2.45, 2.75) is 0 Å². The number of fused-ring (bicyclic) bond motifs is 1. The molecule has 0 aliphatic heterocycles. The minimum absolute atomic E-state index is 0.183. The van der Waals surface area contributed by atoms with Gasteiger partial charge in [-0.2, -0.15) is 4.98 Å². The molecule has 5 nitrogen and oxygen atoms in total. The van der Waals surface area contributed by atoms with Crippen LogP contribution < -0.4 is 5.32 Å². The number of aromatic nitrogens is 2. The Labute approximate surface area is 151 Å². The predicted octanol–water partition coefficient (Wildman–Crippen LogP) is 4.90. The quantitative estimate of drug-likeness (QED) is 0.537. The number of hydrogen-bond donors (Lipinski definition) is 1. The molecular formula is C19H12BrN3O2. The first-order valence-electron chi connectivity index (χ1n) is 7.58. The standard InChI is InChI=1S/C19H12BrN3O2/c20-14-6-1-4-12(10-14)18(24)22-15-7-2-5-13(11-15)19-23-17-16(25-19)8-3-9-21-17/h1-11H,(H,22,24). The largest absolute Gasteiger partial charge is 0.434 e. The van der Waals surface area contributed by atoms with Crippen LogP contribution in [0.5, 0.6) is 0 Å². The average Bonchev–Trinajstić information content (AvgIpc) is 3.06. The molecule has 0 fully saturated rings. The topological polar surface area (TPSA) is 68.0 Å². The summed E-state index contributed by atoms with van der Waals surface area (Å²) < 4.78 is 6.58. The number of oxazole rings is 1. The number of hydrogen-bond acceptors (Lipinski definition) is 4. The predicted molar refractivity (Wildman–Crippen MR) is 99.3 cm³/mol. The Kier molecular flexibility index (Phi) is 4.03. The molecule has 2 heterocycles. The Hall–Kier alpha value is -2.99. The van der Waals surface area contributed by atoms with Crippen molar-refractivity contribution in [2.75, 3.05) is 5.32 Å². The van der Waals surface area contributed by atoms with Gasteiger partial charge in [0.2, 0.25) is 5.89 Å². The van der Waals surface area contributed by atoms with Gasteiger partial charge in [-0.15, -0.1) is 0 Å². The SMILES string of the molecule is O=C(Nc1cccc(-c2nc3ncccc3o2)c1)c1cccc(Br)c1. The molecule has 0 atom stereocenters. The summed E-state index contributed by atoms with van der Waals surface area (Å²) in [5, 5.41) is 2.88. The molecule has 0 radical (unpaired) electrons. The van der Waals surface area contributed by atoms with Gasteiger partial charge >= 0.3 is 0 Å². The van der Waals surface area contributed by atoms with Gasteiger partial charge in [0.1, 0.15) is 0 Å². The molecular weight excluding hydrogens is 382 g/mol. The van der Waals surface area contributed by atoms with Crippen LogP contribution in [-0.2, 0) is 0 Å². The monoisotopic (exact) mass is 393 g/mol. The van der Waals surface area contributed by atoms with Crippen molar-refractivity contribution in [2.24, 2.45) is 0 Å². The minimum Gasteiger partial charge on any atom is -0.434 e. The van der Waals surface area contributed by atoms with Crippen LogP contribution in [0.4, 0.5) is 5.69 Å². The maximum atomic E-state index is 12.4. The molecule has 0 spiro atoms. The Morgan fingerprint density at radius 2 is 1.92 bits per heavy atom. The molecule has 0 unspecified atom stereocenters. The van der Waals surface area contributed by atoms with Gasteiger partial charge in [-0.25, -0.2) is 4.98 Å². The molecule has 0 bridgehead atoms. The lowest BCUT2D eigenvalue weighted by molar-refractivity contribution is 0.102. The molecule has 0 saturated heterocycles. The number of carbonyl (C=O) groups is 1. The van der Waals surface area contributed by atoms with E-state index in [0.29, 0.717) is 28.4 Å². The highest BCUT2D eigenvalue weighted by Crippen LogP contribution is 2.25. The van der Waals surface area contributed by atoms with Crippen molar-refractivity contribution < 1.29 is 9.21 Å². The molecule has 0 saturated carbocycles. The van der Waals surface area contributed by atoms with E-state index >= 15 is 0 Å². The molecule has 0 aliphatic carbocycles. The third-order valence-electron chi connectivity index (χ3n) is 3.62. The van der Waals surface area contributed by atoms with E-state index in [9.17, 15) is 4.79 Å². The number of pyridine rings is 1. The normalized spacial score (nSPS) is 10.8. The third kappa shape index (κ3) is 3.29. The van der Waals surface area contributed by atoms with E-state index in [2.05, 4.69) is 31.2 Å². The van der Waals surface area contributed by atoms with Crippen LogP contribution in [0.2, 0.25) is 0 Å². The van der Waals surface area contributed by atoms with Crippen LogP contribution in [-0.4, -0.2) is 15.9 Å².